The molecular formula is C10H12N2. The molecule has 0 aromatic carbocycles. The second-order valence-corrected chi connectivity index (χ2v) is 3.57. The number of hydrogen-bond acceptors (Lipinski definition) is 2. The van der Waals surface area contributed by atoms with E-state index in [9.17, 15) is 0 Å². The van der Waals surface area contributed by atoms with Crippen LogP contribution in [0.4, 0.5) is 0 Å². The van der Waals surface area contributed by atoms with Gasteiger partial charge in [-0.25, -0.2) is 0 Å². The van der Waals surface area contributed by atoms with Gasteiger partial charge in [-0.1, -0.05) is 12.2 Å². The molecular weight excluding hydrogens is 148 g/mol. The number of allylic oxidation sites excluding steroid dienone is 2. The van der Waals surface area contributed by atoms with E-state index in [1.54, 1.807) is 0 Å². The van der Waals surface area contributed by atoms with E-state index in [2.05, 4.69) is 36.0 Å². The molecule has 0 N–H and O–H groups in total. The molecule has 0 aliphatic carbocycles. The monoisotopic (exact) mass is 160 g/mol. The minimum Gasteiger partial charge on any atom is -0.280 e. The van der Waals surface area contributed by atoms with Gasteiger partial charge in [0.1, 0.15) is 11.1 Å². The normalized spacial score (nSPS) is 43.2. The lowest BCUT2D eigenvalue weighted by atomic mass is 9.81. The van der Waals surface area contributed by atoms with E-state index < -0.39 is 0 Å². The number of hydrogen-bond donors (Lipinski definition) is 0. The van der Waals surface area contributed by atoms with Crippen molar-refractivity contribution in [3.63, 3.8) is 0 Å². The summed E-state index contributed by atoms with van der Waals surface area (Å²) in [6.07, 6.45) is 11.8. The van der Waals surface area contributed by atoms with Gasteiger partial charge in [-0.05, 0) is 26.0 Å². The van der Waals surface area contributed by atoms with Gasteiger partial charge in [0.25, 0.3) is 0 Å². The molecule has 0 aromatic rings. The van der Waals surface area contributed by atoms with E-state index in [0.717, 1.165) is 0 Å². The van der Waals surface area contributed by atoms with Gasteiger partial charge in [-0.2, -0.15) is 0 Å². The molecule has 0 saturated carbocycles. The van der Waals surface area contributed by atoms with Crippen LogP contribution in [0.5, 0.6) is 0 Å². The number of nitrogens with zero attached hydrogens (tertiary/aromatic N) is 2. The zero-order chi connectivity index (χ0) is 8.66. The first-order valence-corrected chi connectivity index (χ1v) is 4.12. The highest BCUT2D eigenvalue weighted by Crippen LogP contribution is 2.35. The average molecular weight is 160 g/mol. The lowest BCUT2D eigenvalue weighted by molar-refractivity contribution is 0.405. The van der Waals surface area contributed by atoms with E-state index >= 15 is 0 Å². The van der Waals surface area contributed by atoms with Crippen LogP contribution in [0.1, 0.15) is 13.8 Å². The molecule has 2 rings (SSSR count). The van der Waals surface area contributed by atoms with E-state index in [-0.39, 0.29) is 11.1 Å². The second kappa shape index (κ2) is 2.16. The fourth-order valence-corrected chi connectivity index (χ4v) is 1.54. The second-order valence-electron chi connectivity index (χ2n) is 3.57. The van der Waals surface area contributed by atoms with Gasteiger partial charge in [-0.15, -0.1) is 0 Å². The van der Waals surface area contributed by atoms with Gasteiger partial charge in [0.15, 0.2) is 0 Å². The molecule has 2 nitrogen and oxygen atoms in total. The zero-order valence-corrected chi connectivity index (χ0v) is 7.36. The fourth-order valence-electron chi connectivity index (χ4n) is 1.54. The number of rotatable bonds is 1. The zero-order valence-electron chi connectivity index (χ0n) is 7.36. The summed E-state index contributed by atoms with van der Waals surface area (Å²) in [6, 6.07) is 0. The number of aliphatic imine (C=N–C) groups is 2. The molecule has 0 fully saturated rings. The maximum absolute atomic E-state index is 4.42. The third-order valence-electron chi connectivity index (χ3n) is 2.72. The fraction of sp³-hybridized carbons (Fsp3) is 0.400. The van der Waals surface area contributed by atoms with Crippen molar-refractivity contribution in [2.45, 2.75) is 24.9 Å². The van der Waals surface area contributed by atoms with Crippen LogP contribution in [0.25, 0.3) is 0 Å². The molecule has 0 bridgehead atoms. The van der Waals surface area contributed by atoms with Crippen molar-refractivity contribution in [3.05, 3.63) is 24.3 Å². The van der Waals surface area contributed by atoms with E-state index in [1.165, 1.54) is 0 Å². The van der Waals surface area contributed by atoms with E-state index in [4.69, 9.17) is 0 Å². The lowest BCUT2D eigenvalue weighted by Gasteiger charge is -2.33. The predicted octanol–water partition coefficient (Wildman–Crippen LogP) is 1.78. The molecule has 2 atom stereocenters. The summed E-state index contributed by atoms with van der Waals surface area (Å²) in [5, 5.41) is 0. The first kappa shape index (κ1) is 7.47. The van der Waals surface area contributed by atoms with Gasteiger partial charge in [-0.3, -0.25) is 9.98 Å². The Morgan fingerprint density at radius 3 is 1.50 bits per heavy atom. The van der Waals surface area contributed by atoms with Crippen LogP contribution < -0.4 is 0 Å². The van der Waals surface area contributed by atoms with Crippen molar-refractivity contribution in [3.8, 4) is 0 Å². The Labute approximate surface area is 72.4 Å². The van der Waals surface area contributed by atoms with Gasteiger partial charge >= 0.3 is 0 Å². The van der Waals surface area contributed by atoms with Crippen LogP contribution in [-0.4, -0.2) is 23.5 Å². The Morgan fingerprint density at radius 2 is 1.25 bits per heavy atom. The third-order valence-corrected chi connectivity index (χ3v) is 2.72. The predicted molar refractivity (Wildman–Crippen MR) is 52.1 cm³/mol. The summed E-state index contributed by atoms with van der Waals surface area (Å²) in [5.41, 5.74) is -0.368. The summed E-state index contributed by atoms with van der Waals surface area (Å²) in [6.45, 7) is 4.19. The minimum absolute atomic E-state index is 0.184. The smallest absolute Gasteiger partial charge is 0.105 e. The van der Waals surface area contributed by atoms with Crippen molar-refractivity contribution >= 4 is 12.4 Å². The van der Waals surface area contributed by atoms with Crippen LogP contribution in [-0.2, 0) is 0 Å². The molecule has 2 heterocycles. The molecule has 2 aliphatic rings. The molecule has 2 aliphatic heterocycles. The first-order chi connectivity index (χ1) is 5.66. The molecule has 62 valence electrons. The van der Waals surface area contributed by atoms with Gasteiger partial charge in [0.05, 0.1) is 0 Å². The van der Waals surface area contributed by atoms with Crippen molar-refractivity contribution in [1.29, 1.82) is 0 Å². The van der Waals surface area contributed by atoms with Crippen LogP contribution >= 0.6 is 0 Å². The van der Waals surface area contributed by atoms with Crippen molar-refractivity contribution < 1.29 is 0 Å². The van der Waals surface area contributed by atoms with Crippen molar-refractivity contribution in [2.75, 3.05) is 0 Å². The van der Waals surface area contributed by atoms with E-state index in [1.807, 2.05) is 24.6 Å². The summed E-state index contributed by atoms with van der Waals surface area (Å²) in [4.78, 5) is 8.84. The molecule has 0 saturated heterocycles. The maximum Gasteiger partial charge on any atom is 0.105 e. The largest absolute Gasteiger partial charge is 0.280 e. The van der Waals surface area contributed by atoms with Crippen LogP contribution in [0.15, 0.2) is 34.3 Å². The average Bonchev–Trinajstić information content (AvgIpc) is 2.60. The SMILES string of the molecule is CC1(C2(C)C=CC=N2)C=CC=N1. The Morgan fingerprint density at radius 1 is 0.833 bits per heavy atom. The Balaban J connectivity index is 2.41. The highest BCUT2D eigenvalue weighted by Gasteiger charge is 2.42. The molecule has 0 aromatic heterocycles. The van der Waals surface area contributed by atoms with Gasteiger partial charge in [0.2, 0.25) is 0 Å². The molecule has 0 spiro atoms. The lowest BCUT2D eigenvalue weighted by Crippen LogP contribution is -2.42. The van der Waals surface area contributed by atoms with Crippen molar-refractivity contribution in [1.82, 2.24) is 0 Å². The quantitative estimate of drug-likeness (QED) is 0.558. The first-order valence-electron chi connectivity index (χ1n) is 4.12. The summed E-state index contributed by atoms with van der Waals surface area (Å²) in [5.74, 6) is 0. The van der Waals surface area contributed by atoms with Crippen LogP contribution in [0.2, 0.25) is 0 Å². The summed E-state index contributed by atoms with van der Waals surface area (Å²) in [7, 11) is 0. The topological polar surface area (TPSA) is 24.7 Å². The highest BCUT2D eigenvalue weighted by atomic mass is 15.0. The third kappa shape index (κ3) is 0.809. The molecule has 2 heteroatoms. The van der Waals surface area contributed by atoms with Crippen LogP contribution in [0, 0.1) is 0 Å². The Kier molecular flexibility index (Phi) is 1.34. The van der Waals surface area contributed by atoms with Crippen molar-refractivity contribution in [2.24, 2.45) is 9.98 Å². The molecule has 0 amide bonds. The van der Waals surface area contributed by atoms with E-state index in [0.29, 0.717) is 0 Å². The van der Waals surface area contributed by atoms with Gasteiger partial charge in [0, 0.05) is 12.4 Å². The maximum atomic E-state index is 4.42. The Hall–Kier alpha value is -1.18. The molecule has 0 radical (unpaired) electrons. The standard InChI is InChI=1S/C10H12N2/c1-9(5-3-7-11-9)10(2)6-4-8-12-10/h3-8H,1-2H3. The highest BCUT2D eigenvalue weighted by molar-refractivity contribution is 5.79. The molecule has 2 unspecified atom stereocenters. The van der Waals surface area contributed by atoms with Gasteiger partial charge < -0.3 is 0 Å². The van der Waals surface area contributed by atoms with Crippen LogP contribution in [0.3, 0.4) is 0 Å². The Bertz CT molecular complexity index is 252. The molecule has 12 heavy (non-hydrogen) atoms. The summed E-state index contributed by atoms with van der Waals surface area (Å²) < 4.78 is 0. The minimum atomic E-state index is -0.184. The summed E-state index contributed by atoms with van der Waals surface area (Å²) >= 11 is 0.